The van der Waals surface area contributed by atoms with E-state index >= 15 is 0 Å². The molecule has 5 heteroatoms. The third-order valence-electron chi connectivity index (χ3n) is 2.50. The van der Waals surface area contributed by atoms with Crippen LogP contribution in [0.4, 0.5) is 10.1 Å². The first-order valence-electron chi connectivity index (χ1n) is 5.11. The van der Waals surface area contributed by atoms with Crippen molar-refractivity contribution in [1.29, 1.82) is 0 Å². The van der Waals surface area contributed by atoms with Gasteiger partial charge in [0.25, 0.3) is 0 Å². The normalized spacial score (nSPS) is 10.4. The summed E-state index contributed by atoms with van der Waals surface area (Å²) in [4.78, 5) is 0. The maximum atomic E-state index is 13.1. The van der Waals surface area contributed by atoms with E-state index in [1.807, 2.05) is 0 Å². The first-order chi connectivity index (χ1) is 8.52. The van der Waals surface area contributed by atoms with Gasteiger partial charge in [0.1, 0.15) is 11.6 Å². The van der Waals surface area contributed by atoms with Crippen LogP contribution in [0.1, 0.15) is 0 Å². The van der Waals surface area contributed by atoms with Crippen LogP contribution in [-0.4, -0.2) is 7.11 Å². The maximum Gasteiger partial charge on any atom is 0.129 e. The molecule has 0 unspecified atom stereocenters. The number of halogens is 3. The van der Waals surface area contributed by atoms with Crippen molar-refractivity contribution in [2.24, 2.45) is 0 Å². The fourth-order valence-electron chi connectivity index (χ4n) is 1.72. The van der Waals surface area contributed by atoms with Gasteiger partial charge in [-0.25, -0.2) is 4.39 Å². The second-order valence-corrected chi connectivity index (χ2v) is 4.52. The van der Waals surface area contributed by atoms with Crippen LogP contribution in [0.5, 0.6) is 5.75 Å². The van der Waals surface area contributed by atoms with Crippen molar-refractivity contribution in [3.8, 4) is 16.9 Å². The second kappa shape index (κ2) is 5.04. The van der Waals surface area contributed by atoms with Gasteiger partial charge in [-0.05, 0) is 24.3 Å². The fraction of sp³-hybridized carbons (Fsp3) is 0.0769. The number of nitrogens with two attached hydrogens (primary N) is 1. The van der Waals surface area contributed by atoms with E-state index in [9.17, 15) is 4.39 Å². The lowest BCUT2D eigenvalue weighted by atomic mass is 10.0. The van der Waals surface area contributed by atoms with E-state index in [0.717, 1.165) is 0 Å². The van der Waals surface area contributed by atoms with Crippen molar-refractivity contribution in [3.63, 3.8) is 0 Å². The maximum absolute atomic E-state index is 13.1. The Morgan fingerprint density at radius 2 is 1.72 bits per heavy atom. The van der Waals surface area contributed by atoms with Gasteiger partial charge in [-0.15, -0.1) is 0 Å². The van der Waals surface area contributed by atoms with E-state index in [1.165, 1.54) is 19.2 Å². The Kier molecular flexibility index (Phi) is 3.64. The molecular formula is C13H10Cl2FNO. The Morgan fingerprint density at radius 1 is 1.11 bits per heavy atom. The standard InChI is InChI=1S/C13H10Cl2FNO/c1-18-12-4-7(16)2-3-9(12)13-10(14)5-8(17)6-11(13)15/h2-6H,17H2,1H3. The number of nitrogen functional groups attached to an aromatic ring is 1. The molecule has 0 saturated heterocycles. The van der Waals surface area contributed by atoms with Gasteiger partial charge in [0.05, 0.1) is 17.2 Å². The summed E-state index contributed by atoms with van der Waals surface area (Å²) in [7, 11) is 1.46. The molecule has 0 atom stereocenters. The highest BCUT2D eigenvalue weighted by Gasteiger charge is 2.14. The predicted molar refractivity (Wildman–Crippen MR) is 72.8 cm³/mol. The van der Waals surface area contributed by atoms with Crippen molar-refractivity contribution in [2.45, 2.75) is 0 Å². The number of rotatable bonds is 2. The Labute approximate surface area is 114 Å². The lowest BCUT2D eigenvalue weighted by Gasteiger charge is -2.12. The van der Waals surface area contributed by atoms with Crippen LogP contribution in [0, 0.1) is 5.82 Å². The van der Waals surface area contributed by atoms with Gasteiger partial charge in [-0.3, -0.25) is 0 Å². The monoisotopic (exact) mass is 285 g/mol. The average molecular weight is 286 g/mol. The lowest BCUT2D eigenvalue weighted by Crippen LogP contribution is -1.92. The third-order valence-corrected chi connectivity index (χ3v) is 3.09. The molecule has 0 aromatic heterocycles. The Balaban J connectivity index is 2.69. The van der Waals surface area contributed by atoms with E-state index in [4.69, 9.17) is 33.7 Å². The van der Waals surface area contributed by atoms with Crippen LogP contribution < -0.4 is 10.5 Å². The summed E-state index contributed by atoms with van der Waals surface area (Å²) in [6.45, 7) is 0. The van der Waals surface area contributed by atoms with E-state index in [0.29, 0.717) is 32.6 Å². The van der Waals surface area contributed by atoms with Crippen LogP contribution in [0.15, 0.2) is 30.3 Å². The van der Waals surface area contributed by atoms with E-state index in [-0.39, 0.29) is 0 Å². The largest absolute Gasteiger partial charge is 0.496 e. The van der Waals surface area contributed by atoms with Crippen molar-refractivity contribution >= 4 is 28.9 Å². The summed E-state index contributed by atoms with van der Waals surface area (Å²) >= 11 is 12.2. The van der Waals surface area contributed by atoms with E-state index in [1.54, 1.807) is 18.2 Å². The van der Waals surface area contributed by atoms with Gasteiger partial charge >= 0.3 is 0 Å². The Hall–Kier alpha value is -1.45. The quantitative estimate of drug-likeness (QED) is 0.831. The molecule has 2 nitrogen and oxygen atoms in total. The number of ether oxygens (including phenoxy) is 1. The summed E-state index contributed by atoms with van der Waals surface area (Å²) in [6, 6.07) is 7.34. The minimum absolute atomic E-state index is 0.364. The zero-order chi connectivity index (χ0) is 13.3. The highest BCUT2D eigenvalue weighted by molar-refractivity contribution is 6.39. The van der Waals surface area contributed by atoms with Crippen LogP contribution in [0.25, 0.3) is 11.1 Å². The molecule has 2 aromatic carbocycles. The van der Waals surface area contributed by atoms with Gasteiger partial charge in [0.15, 0.2) is 0 Å². The number of methoxy groups -OCH3 is 1. The molecule has 0 aliphatic carbocycles. The topological polar surface area (TPSA) is 35.2 Å². The third kappa shape index (κ3) is 2.37. The molecule has 2 rings (SSSR count). The smallest absolute Gasteiger partial charge is 0.129 e. The molecule has 2 N–H and O–H groups in total. The lowest BCUT2D eigenvalue weighted by molar-refractivity contribution is 0.413. The van der Waals surface area contributed by atoms with E-state index in [2.05, 4.69) is 0 Å². The molecule has 0 bridgehead atoms. The van der Waals surface area contributed by atoms with Crippen LogP contribution in [0.3, 0.4) is 0 Å². The molecule has 94 valence electrons. The van der Waals surface area contributed by atoms with Crippen LogP contribution >= 0.6 is 23.2 Å². The van der Waals surface area contributed by atoms with Gasteiger partial charge in [0, 0.05) is 22.9 Å². The molecular weight excluding hydrogens is 276 g/mol. The van der Waals surface area contributed by atoms with Crippen molar-refractivity contribution in [1.82, 2.24) is 0 Å². The number of hydrogen-bond donors (Lipinski definition) is 1. The zero-order valence-corrected chi connectivity index (χ0v) is 11.0. The first kappa shape index (κ1) is 13.0. The average Bonchev–Trinajstić information content (AvgIpc) is 2.29. The second-order valence-electron chi connectivity index (χ2n) is 3.70. The number of benzene rings is 2. The number of anilines is 1. The molecule has 0 radical (unpaired) electrons. The molecule has 0 aliphatic heterocycles. The summed E-state index contributed by atoms with van der Waals surface area (Å²) in [5.41, 5.74) is 7.30. The summed E-state index contributed by atoms with van der Waals surface area (Å²) < 4.78 is 18.3. The van der Waals surface area contributed by atoms with Crippen LogP contribution in [-0.2, 0) is 0 Å². The summed E-state index contributed by atoms with van der Waals surface area (Å²) in [6.07, 6.45) is 0. The molecule has 2 aromatic rings. The molecule has 0 spiro atoms. The highest BCUT2D eigenvalue weighted by atomic mass is 35.5. The first-order valence-corrected chi connectivity index (χ1v) is 5.87. The zero-order valence-electron chi connectivity index (χ0n) is 9.51. The summed E-state index contributed by atoms with van der Waals surface area (Å²) in [5, 5.41) is 0.787. The van der Waals surface area contributed by atoms with Crippen LogP contribution in [0.2, 0.25) is 10.0 Å². The van der Waals surface area contributed by atoms with Gasteiger partial charge < -0.3 is 10.5 Å². The molecule has 0 heterocycles. The fourth-order valence-corrected chi connectivity index (χ4v) is 2.43. The highest BCUT2D eigenvalue weighted by Crippen LogP contribution is 2.41. The van der Waals surface area contributed by atoms with Gasteiger partial charge in [0.2, 0.25) is 0 Å². The van der Waals surface area contributed by atoms with Crippen molar-refractivity contribution in [3.05, 3.63) is 46.2 Å². The molecule has 0 fully saturated rings. The molecule has 0 saturated carbocycles. The predicted octanol–water partition coefficient (Wildman–Crippen LogP) is 4.39. The van der Waals surface area contributed by atoms with Gasteiger partial charge in [-0.1, -0.05) is 23.2 Å². The van der Waals surface area contributed by atoms with Crippen molar-refractivity contribution < 1.29 is 9.13 Å². The SMILES string of the molecule is COc1cc(F)ccc1-c1c(Cl)cc(N)cc1Cl. The van der Waals surface area contributed by atoms with Crippen molar-refractivity contribution in [2.75, 3.05) is 12.8 Å². The Bertz CT molecular complexity index is 579. The van der Waals surface area contributed by atoms with Gasteiger partial charge in [-0.2, -0.15) is 0 Å². The number of hydrogen-bond acceptors (Lipinski definition) is 2. The molecule has 0 amide bonds. The van der Waals surface area contributed by atoms with E-state index < -0.39 is 5.82 Å². The molecule has 0 aliphatic rings. The Morgan fingerprint density at radius 3 is 2.28 bits per heavy atom. The minimum Gasteiger partial charge on any atom is -0.496 e. The minimum atomic E-state index is -0.390. The summed E-state index contributed by atoms with van der Waals surface area (Å²) in [5.74, 6) is -0.0261. The molecule has 18 heavy (non-hydrogen) atoms.